The molecule has 0 aliphatic heterocycles. The summed E-state index contributed by atoms with van der Waals surface area (Å²) in [6.07, 6.45) is 11.0. The van der Waals surface area contributed by atoms with Gasteiger partial charge in [0, 0.05) is 6.61 Å². The first-order chi connectivity index (χ1) is 7.27. The molecule has 0 amide bonds. The highest BCUT2D eigenvalue weighted by Crippen LogP contribution is 2.08. The second kappa shape index (κ2) is 12.0. The largest absolute Gasteiger partial charge is 0.366 e. The van der Waals surface area contributed by atoms with Gasteiger partial charge < -0.3 is 4.74 Å². The Balaban J connectivity index is 2.87. The number of rotatable bonds is 11. The van der Waals surface area contributed by atoms with Crippen LogP contribution in [0.5, 0.6) is 0 Å². The van der Waals surface area contributed by atoms with E-state index in [9.17, 15) is 0 Å². The molecular weight excluding hydrogens is 186 g/mol. The summed E-state index contributed by atoms with van der Waals surface area (Å²) in [5.74, 6) is 0. The maximum absolute atomic E-state index is 5.47. The van der Waals surface area contributed by atoms with Crippen molar-refractivity contribution in [3.63, 3.8) is 0 Å². The third kappa shape index (κ3) is 13.9. The van der Waals surface area contributed by atoms with Crippen molar-refractivity contribution in [1.82, 2.24) is 4.90 Å². The van der Waals surface area contributed by atoms with E-state index in [0.717, 1.165) is 13.3 Å². The van der Waals surface area contributed by atoms with Crippen LogP contribution in [0.3, 0.4) is 0 Å². The van der Waals surface area contributed by atoms with E-state index in [1.54, 1.807) is 0 Å². The predicted molar refractivity (Wildman–Crippen MR) is 67.1 cm³/mol. The van der Waals surface area contributed by atoms with Crippen molar-refractivity contribution in [3.8, 4) is 0 Å². The van der Waals surface area contributed by atoms with Gasteiger partial charge in [-0.25, -0.2) is 0 Å². The van der Waals surface area contributed by atoms with Crippen LogP contribution in [-0.4, -0.2) is 32.3 Å². The molecule has 0 atom stereocenters. The molecular formula is C13H29NO. The zero-order chi connectivity index (χ0) is 11.4. The molecule has 0 unspecified atom stereocenters. The highest BCUT2D eigenvalue weighted by atomic mass is 16.5. The zero-order valence-corrected chi connectivity index (χ0v) is 10.9. The van der Waals surface area contributed by atoms with Crippen molar-refractivity contribution >= 4 is 0 Å². The van der Waals surface area contributed by atoms with Gasteiger partial charge in [0.1, 0.15) is 0 Å². The van der Waals surface area contributed by atoms with Crippen LogP contribution in [0.2, 0.25) is 0 Å². The lowest BCUT2D eigenvalue weighted by atomic mass is 10.1. The first-order valence-electron chi connectivity index (χ1n) is 6.50. The highest BCUT2D eigenvalue weighted by molar-refractivity contribution is 4.45. The minimum Gasteiger partial charge on any atom is -0.366 e. The van der Waals surface area contributed by atoms with Crippen LogP contribution < -0.4 is 0 Å². The molecule has 0 aromatic rings. The molecule has 0 saturated heterocycles. The van der Waals surface area contributed by atoms with E-state index in [0.29, 0.717) is 0 Å². The van der Waals surface area contributed by atoms with Gasteiger partial charge in [-0.3, -0.25) is 4.90 Å². The van der Waals surface area contributed by atoms with E-state index in [-0.39, 0.29) is 0 Å². The Morgan fingerprint density at radius 1 is 0.800 bits per heavy atom. The van der Waals surface area contributed by atoms with Crippen molar-refractivity contribution in [1.29, 1.82) is 0 Å². The summed E-state index contributed by atoms with van der Waals surface area (Å²) < 4.78 is 5.47. The van der Waals surface area contributed by atoms with Gasteiger partial charge in [0.25, 0.3) is 0 Å². The van der Waals surface area contributed by atoms with Gasteiger partial charge in [-0.05, 0) is 20.5 Å². The van der Waals surface area contributed by atoms with Crippen LogP contribution in [0.4, 0.5) is 0 Å². The van der Waals surface area contributed by atoms with Crippen molar-refractivity contribution in [3.05, 3.63) is 0 Å². The van der Waals surface area contributed by atoms with Gasteiger partial charge in [0.05, 0.1) is 6.73 Å². The van der Waals surface area contributed by atoms with Crippen LogP contribution >= 0.6 is 0 Å². The Labute approximate surface area is 96.0 Å². The Kier molecular flexibility index (Phi) is 11.9. The summed E-state index contributed by atoms with van der Waals surface area (Å²) in [6.45, 7) is 3.95. The Morgan fingerprint density at radius 3 is 1.87 bits per heavy atom. The summed E-state index contributed by atoms with van der Waals surface area (Å²) in [6, 6.07) is 0. The predicted octanol–water partition coefficient (Wildman–Crippen LogP) is 3.66. The van der Waals surface area contributed by atoms with Gasteiger partial charge in [-0.1, -0.05) is 51.9 Å². The summed E-state index contributed by atoms with van der Waals surface area (Å²) in [7, 11) is 4.07. The fourth-order valence-electron chi connectivity index (χ4n) is 1.59. The summed E-state index contributed by atoms with van der Waals surface area (Å²) in [5.41, 5.74) is 0. The second-order valence-corrected chi connectivity index (χ2v) is 4.59. The first-order valence-corrected chi connectivity index (χ1v) is 6.50. The molecule has 0 radical (unpaired) electrons. The monoisotopic (exact) mass is 215 g/mol. The lowest BCUT2D eigenvalue weighted by Crippen LogP contribution is -2.16. The Morgan fingerprint density at radius 2 is 1.33 bits per heavy atom. The van der Waals surface area contributed by atoms with Crippen molar-refractivity contribution in [2.45, 2.75) is 58.3 Å². The average Bonchev–Trinajstić information content (AvgIpc) is 2.20. The molecule has 0 aromatic heterocycles. The zero-order valence-electron chi connectivity index (χ0n) is 10.9. The number of unbranched alkanes of at least 4 members (excludes halogenated alkanes) is 7. The normalized spacial score (nSPS) is 11.2. The molecule has 0 bridgehead atoms. The van der Waals surface area contributed by atoms with E-state index in [1.165, 1.54) is 51.4 Å². The van der Waals surface area contributed by atoms with Gasteiger partial charge in [-0.15, -0.1) is 0 Å². The van der Waals surface area contributed by atoms with Gasteiger partial charge >= 0.3 is 0 Å². The maximum atomic E-state index is 5.47. The van der Waals surface area contributed by atoms with Crippen molar-refractivity contribution in [2.24, 2.45) is 0 Å². The molecule has 2 nitrogen and oxygen atoms in total. The number of hydrogen-bond donors (Lipinski definition) is 0. The van der Waals surface area contributed by atoms with Crippen molar-refractivity contribution in [2.75, 3.05) is 27.4 Å². The quantitative estimate of drug-likeness (QED) is 0.385. The van der Waals surface area contributed by atoms with E-state index < -0.39 is 0 Å². The molecule has 15 heavy (non-hydrogen) atoms. The standard InChI is InChI=1S/C13H29NO/c1-4-5-6-7-8-9-10-11-12-15-13-14(2)3/h4-13H2,1-3H3. The third-order valence-electron chi connectivity index (χ3n) is 2.49. The molecule has 92 valence electrons. The Bertz CT molecular complexity index is 115. The number of ether oxygens (including phenoxy) is 1. The highest BCUT2D eigenvalue weighted by Gasteiger charge is 1.92. The molecule has 0 aromatic carbocycles. The van der Waals surface area contributed by atoms with Crippen LogP contribution in [0.25, 0.3) is 0 Å². The minimum atomic E-state index is 0.760. The fourth-order valence-corrected chi connectivity index (χ4v) is 1.59. The third-order valence-corrected chi connectivity index (χ3v) is 2.49. The lowest BCUT2D eigenvalue weighted by molar-refractivity contribution is 0.0539. The Hall–Kier alpha value is -0.0800. The SMILES string of the molecule is CCCCCCCCCCOCN(C)C. The molecule has 0 rings (SSSR count). The molecule has 0 aliphatic carbocycles. The molecule has 0 N–H and O–H groups in total. The topological polar surface area (TPSA) is 12.5 Å². The second-order valence-electron chi connectivity index (χ2n) is 4.59. The van der Waals surface area contributed by atoms with Crippen LogP contribution in [0.1, 0.15) is 58.3 Å². The van der Waals surface area contributed by atoms with Gasteiger partial charge in [0.2, 0.25) is 0 Å². The maximum Gasteiger partial charge on any atom is 0.0985 e. The fraction of sp³-hybridized carbons (Fsp3) is 1.00. The summed E-state index contributed by atoms with van der Waals surface area (Å²) in [5, 5.41) is 0. The van der Waals surface area contributed by atoms with Crippen LogP contribution in [0.15, 0.2) is 0 Å². The lowest BCUT2D eigenvalue weighted by Gasteiger charge is -2.09. The smallest absolute Gasteiger partial charge is 0.0985 e. The molecule has 2 heteroatoms. The first kappa shape index (κ1) is 14.9. The van der Waals surface area contributed by atoms with Crippen LogP contribution in [-0.2, 0) is 4.74 Å². The number of hydrogen-bond acceptors (Lipinski definition) is 2. The van der Waals surface area contributed by atoms with Crippen molar-refractivity contribution < 1.29 is 4.74 Å². The van der Waals surface area contributed by atoms with Gasteiger partial charge in [0.15, 0.2) is 0 Å². The molecule has 0 saturated carbocycles. The number of nitrogens with zero attached hydrogens (tertiary/aromatic N) is 1. The average molecular weight is 215 g/mol. The molecule has 0 heterocycles. The summed E-state index contributed by atoms with van der Waals surface area (Å²) in [4.78, 5) is 2.06. The van der Waals surface area contributed by atoms with Gasteiger partial charge in [-0.2, -0.15) is 0 Å². The van der Waals surface area contributed by atoms with E-state index in [4.69, 9.17) is 4.74 Å². The summed E-state index contributed by atoms with van der Waals surface area (Å²) >= 11 is 0. The molecule has 0 aliphatic rings. The molecule has 0 spiro atoms. The minimum absolute atomic E-state index is 0.760. The van der Waals surface area contributed by atoms with E-state index in [1.807, 2.05) is 14.1 Å². The molecule has 0 fully saturated rings. The van der Waals surface area contributed by atoms with E-state index >= 15 is 0 Å². The van der Waals surface area contributed by atoms with Crippen LogP contribution in [0, 0.1) is 0 Å². The van der Waals surface area contributed by atoms with E-state index in [2.05, 4.69) is 11.8 Å².